The van der Waals surface area contributed by atoms with Crippen molar-refractivity contribution in [3.05, 3.63) is 102 Å². The predicted molar refractivity (Wildman–Crippen MR) is 129 cm³/mol. The van der Waals surface area contributed by atoms with Gasteiger partial charge < -0.3 is 20.5 Å². The zero-order chi connectivity index (χ0) is 23.3. The fourth-order valence-electron chi connectivity index (χ4n) is 3.34. The van der Waals surface area contributed by atoms with Crippen LogP contribution in [0.3, 0.4) is 0 Å². The Labute approximate surface area is 194 Å². The molecule has 0 radical (unpaired) electrons. The molecule has 3 aromatic rings. The molecule has 0 spiro atoms. The summed E-state index contributed by atoms with van der Waals surface area (Å²) in [5.41, 5.74) is 3.66. The number of alkyl carbamates (subject to hydrolysis) is 1. The summed E-state index contributed by atoms with van der Waals surface area (Å²) in [5.74, 6) is -0.110. The molecule has 0 aromatic heterocycles. The molecule has 2 amide bonds. The zero-order valence-corrected chi connectivity index (χ0v) is 18.6. The SMILES string of the molecule is O=C(CCCNC(=O)OCc1ccccc1)Nc1ccc(CC[C@H](O)c2ccccc2)cc1. The summed E-state index contributed by atoms with van der Waals surface area (Å²) < 4.78 is 5.14. The van der Waals surface area contributed by atoms with Crippen LogP contribution in [0.2, 0.25) is 0 Å². The second kappa shape index (κ2) is 13.0. The highest BCUT2D eigenvalue weighted by Crippen LogP contribution is 2.19. The monoisotopic (exact) mass is 446 g/mol. The number of carbonyl (C=O) groups excluding carboxylic acids is 2. The van der Waals surface area contributed by atoms with Crippen molar-refractivity contribution in [1.82, 2.24) is 5.32 Å². The summed E-state index contributed by atoms with van der Waals surface area (Å²) >= 11 is 0. The van der Waals surface area contributed by atoms with E-state index in [4.69, 9.17) is 4.74 Å². The smallest absolute Gasteiger partial charge is 0.407 e. The van der Waals surface area contributed by atoms with Crippen LogP contribution in [0.5, 0.6) is 0 Å². The lowest BCUT2D eigenvalue weighted by Crippen LogP contribution is -2.26. The van der Waals surface area contributed by atoms with E-state index in [2.05, 4.69) is 10.6 Å². The highest BCUT2D eigenvalue weighted by atomic mass is 16.5. The van der Waals surface area contributed by atoms with Crippen LogP contribution in [0, 0.1) is 0 Å². The topological polar surface area (TPSA) is 87.7 Å². The summed E-state index contributed by atoms with van der Waals surface area (Å²) in [6.45, 7) is 0.581. The maximum atomic E-state index is 12.1. The molecule has 33 heavy (non-hydrogen) atoms. The Balaban J connectivity index is 1.29. The molecule has 0 saturated heterocycles. The summed E-state index contributed by atoms with van der Waals surface area (Å²) in [6, 6.07) is 26.7. The Kier molecular flexibility index (Phi) is 9.48. The fourth-order valence-corrected chi connectivity index (χ4v) is 3.34. The number of aliphatic hydroxyl groups excluding tert-OH is 1. The van der Waals surface area contributed by atoms with E-state index in [1.807, 2.05) is 84.9 Å². The van der Waals surface area contributed by atoms with Crippen LogP contribution in [0.25, 0.3) is 0 Å². The van der Waals surface area contributed by atoms with Gasteiger partial charge in [0.15, 0.2) is 0 Å². The number of hydrogen-bond acceptors (Lipinski definition) is 4. The number of ether oxygens (including phenoxy) is 1. The molecule has 0 heterocycles. The normalized spacial score (nSPS) is 11.4. The van der Waals surface area contributed by atoms with Gasteiger partial charge in [-0.05, 0) is 48.1 Å². The molecule has 1 atom stereocenters. The van der Waals surface area contributed by atoms with E-state index >= 15 is 0 Å². The van der Waals surface area contributed by atoms with Crippen LogP contribution in [0.15, 0.2) is 84.9 Å². The quantitative estimate of drug-likeness (QED) is 0.362. The van der Waals surface area contributed by atoms with Gasteiger partial charge >= 0.3 is 6.09 Å². The Morgan fingerprint density at radius 2 is 1.52 bits per heavy atom. The minimum absolute atomic E-state index is 0.110. The first-order valence-corrected chi connectivity index (χ1v) is 11.2. The van der Waals surface area contributed by atoms with Gasteiger partial charge in [-0.15, -0.1) is 0 Å². The van der Waals surface area contributed by atoms with Crippen LogP contribution in [0.1, 0.15) is 42.1 Å². The number of aliphatic hydroxyl groups is 1. The van der Waals surface area contributed by atoms with Gasteiger partial charge in [-0.1, -0.05) is 72.8 Å². The van der Waals surface area contributed by atoms with Crippen molar-refractivity contribution >= 4 is 17.7 Å². The minimum atomic E-state index is -0.493. The van der Waals surface area contributed by atoms with Crippen LogP contribution < -0.4 is 10.6 Å². The summed E-state index contributed by atoms with van der Waals surface area (Å²) in [6.07, 6.45) is 1.21. The highest BCUT2D eigenvalue weighted by molar-refractivity contribution is 5.90. The second-order valence-corrected chi connectivity index (χ2v) is 7.80. The average Bonchev–Trinajstić information content (AvgIpc) is 2.86. The van der Waals surface area contributed by atoms with Crippen LogP contribution in [-0.4, -0.2) is 23.7 Å². The summed E-state index contributed by atoms with van der Waals surface area (Å²) in [7, 11) is 0. The molecule has 3 aromatic carbocycles. The Morgan fingerprint density at radius 1 is 0.848 bits per heavy atom. The van der Waals surface area contributed by atoms with Crippen LogP contribution >= 0.6 is 0 Å². The molecule has 0 aliphatic rings. The van der Waals surface area contributed by atoms with Crippen molar-refractivity contribution in [3.8, 4) is 0 Å². The van der Waals surface area contributed by atoms with Gasteiger partial charge in [-0.3, -0.25) is 4.79 Å². The lowest BCUT2D eigenvalue weighted by molar-refractivity contribution is -0.116. The molecule has 6 heteroatoms. The standard InChI is InChI=1S/C27H30N2O4/c30-25(23-10-5-2-6-11-23)18-15-21-13-16-24(17-14-21)29-26(31)12-7-19-28-27(32)33-20-22-8-3-1-4-9-22/h1-6,8-11,13-14,16-17,25,30H,7,12,15,18-20H2,(H,28,32)(H,29,31)/t25-/m0/s1. The average molecular weight is 447 g/mol. The minimum Gasteiger partial charge on any atom is -0.445 e. The van der Waals surface area contributed by atoms with Crippen molar-refractivity contribution in [3.63, 3.8) is 0 Å². The largest absolute Gasteiger partial charge is 0.445 e. The summed E-state index contributed by atoms with van der Waals surface area (Å²) in [5, 5.41) is 15.8. The van der Waals surface area contributed by atoms with E-state index in [1.165, 1.54) is 0 Å². The number of aryl methyl sites for hydroxylation is 1. The molecule has 3 N–H and O–H groups in total. The van der Waals surface area contributed by atoms with E-state index in [-0.39, 0.29) is 12.5 Å². The molecule has 0 saturated carbocycles. The van der Waals surface area contributed by atoms with Gasteiger partial charge in [-0.2, -0.15) is 0 Å². The highest BCUT2D eigenvalue weighted by Gasteiger charge is 2.08. The number of benzene rings is 3. The molecule has 0 unspecified atom stereocenters. The van der Waals surface area contributed by atoms with Gasteiger partial charge in [0.1, 0.15) is 6.61 Å². The maximum Gasteiger partial charge on any atom is 0.407 e. The number of hydrogen-bond donors (Lipinski definition) is 3. The molecule has 0 aliphatic heterocycles. The molecule has 0 bridgehead atoms. The Hall–Kier alpha value is -3.64. The van der Waals surface area contributed by atoms with Gasteiger partial charge in [0.05, 0.1) is 6.10 Å². The molecule has 172 valence electrons. The fraction of sp³-hybridized carbons (Fsp3) is 0.259. The molecule has 0 fully saturated rings. The number of carbonyl (C=O) groups is 2. The second-order valence-electron chi connectivity index (χ2n) is 7.80. The zero-order valence-electron chi connectivity index (χ0n) is 18.6. The van der Waals surface area contributed by atoms with E-state index in [1.54, 1.807) is 0 Å². The van der Waals surface area contributed by atoms with Gasteiger partial charge in [0.25, 0.3) is 0 Å². The first kappa shape index (κ1) is 24.0. The van der Waals surface area contributed by atoms with Crippen molar-refractivity contribution in [2.45, 2.75) is 38.4 Å². The Morgan fingerprint density at radius 3 is 2.21 bits per heavy atom. The maximum absolute atomic E-state index is 12.1. The van der Waals surface area contributed by atoms with E-state index < -0.39 is 12.2 Å². The third-order valence-corrected chi connectivity index (χ3v) is 5.19. The van der Waals surface area contributed by atoms with Gasteiger partial charge in [-0.25, -0.2) is 4.79 Å². The number of anilines is 1. The van der Waals surface area contributed by atoms with Gasteiger partial charge in [0, 0.05) is 18.7 Å². The number of rotatable bonds is 11. The lowest BCUT2D eigenvalue weighted by atomic mass is 10.0. The summed E-state index contributed by atoms with van der Waals surface area (Å²) in [4.78, 5) is 23.8. The third-order valence-electron chi connectivity index (χ3n) is 5.19. The first-order chi connectivity index (χ1) is 16.1. The molecule has 3 rings (SSSR count). The number of nitrogens with one attached hydrogen (secondary N) is 2. The number of amides is 2. The van der Waals surface area contributed by atoms with E-state index in [0.29, 0.717) is 25.8 Å². The van der Waals surface area contributed by atoms with Crippen LogP contribution in [-0.2, 0) is 22.6 Å². The van der Waals surface area contributed by atoms with E-state index in [9.17, 15) is 14.7 Å². The van der Waals surface area contributed by atoms with E-state index in [0.717, 1.165) is 28.8 Å². The van der Waals surface area contributed by atoms with Crippen molar-refractivity contribution < 1.29 is 19.4 Å². The Bertz CT molecular complexity index is 992. The van der Waals surface area contributed by atoms with Crippen LogP contribution in [0.4, 0.5) is 10.5 Å². The van der Waals surface area contributed by atoms with Crippen molar-refractivity contribution in [1.29, 1.82) is 0 Å². The van der Waals surface area contributed by atoms with Gasteiger partial charge in [0.2, 0.25) is 5.91 Å². The van der Waals surface area contributed by atoms with Crippen molar-refractivity contribution in [2.24, 2.45) is 0 Å². The molecular formula is C27H30N2O4. The molecule has 0 aliphatic carbocycles. The molecule has 6 nitrogen and oxygen atoms in total. The first-order valence-electron chi connectivity index (χ1n) is 11.2. The lowest BCUT2D eigenvalue weighted by Gasteiger charge is -2.11. The predicted octanol–water partition coefficient (Wildman–Crippen LogP) is 5.00. The molecular weight excluding hydrogens is 416 g/mol. The third kappa shape index (κ3) is 8.79. The van der Waals surface area contributed by atoms with Crippen molar-refractivity contribution in [2.75, 3.05) is 11.9 Å².